The lowest BCUT2D eigenvalue weighted by molar-refractivity contribution is 0.104. The Morgan fingerprint density at radius 2 is 1.90 bits per heavy atom. The van der Waals surface area contributed by atoms with Gasteiger partial charge in [0, 0.05) is 28.4 Å². The summed E-state index contributed by atoms with van der Waals surface area (Å²) in [6, 6.07) is 13.8. The zero-order valence-electron chi connectivity index (χ0n) is 12.5. The minimum atomic E-state index is 0.00613. The average Bonchev–Trinajstić information content (AvgIpc) is 2.50. The second-order valence-electron chi connectivity index (χ2n) is 4.87. The molecule has 2 rings (SSSR count). The summed E-state index contributed by atoms with van der Waals surface area (Å²) < 4.78 is 0. The molecule has 0 aliphatic rings. The number of carbonyl (C=O) groups excluding carboxylic acids is 1. The summed E-state index contributed by atoms with van der Waals surface area (Å²) in [5.41, 5.74) is 4.03. The van der Waals surface area contributed by atoms with Gasteiger partial charge >= 0.3 is 0 Å². The van der Waals surface area contributed by atoms with Gasteiger partial charge in [0.25, 0.3) is 0 Å². The molecule has 0 spiro atoms. The Kier molecular flexibility index (Phi) is 5.23. The molecule has 108 valence electrons. The van der Waals surface area contributed by atoms with E-state index in [1.165, 1.54) is 10.5 Å². The van der Waals surface area contributed by atoms with Crippen molar-refractivity contribution in [1.82, 2.24) is 0 Å². The van der Waals surface area contributed by atoms with Crippen LogP contribution in [0.15, 0.2) is 59.6 Å². The number of thioether (sulfide) groups is 1. The fourth-order valence-electron chi connectivity index (χ4n) is 1.92. The highest BCUT2D eigenvalue weighted by Crippen LogP contribution is 2.19. The monoisotopic (exact) mass is 297 g/mol. The Morgan fingerprint density at radius 3 is 2.62 bits per heavy atom. The zero-order valence-corrected chi connectivity index (χ0v) is 13.3. The highest BCUT2D eigenvalue weighted by molar-refractivity contribution is 7.98. The number of nitrogens with one attached hydrogen (secondary N) is 1. The molecule has 0 atom stereocenters. The minimum absolute atomic E-state index is 0.00613. The summed E-state index contributed by atoms with van der Waals surface area (Å²) in [7, 11) is 0. The molecule has 2 aromatic rings. The molecule has 0 unspecified atom stereocenters. The van der Waals surface area contributed by atoms with Gasteiger partial charge in [0.2, 0.25) is 0 Å². The third-order valence-electron chi connectivity index (χ3n) is 3.35. The molecule has 0 fully saturated rings. The van der Waals surface area contributed by atoms with Gasteiger partial charge in [0.1, 0.15) is 0 Å². The van der Waals surface area contributed by atoms with E-state index in [0.29, 0.717) is 5.56 Å². The molecule has 0 aliphatic heterocycles. The van der Waals surface area contributed by atoms with Crippen molar-refractivity contribution in [3.05, 3.63) is 71.4 Å². The molecule has 3 heteroatoms. The highest BCUT2D eigenvalue weighted by Gasteiger charge is 2.03. The van der Waals surface area contributed by atoms with Crippen LogP contribution in [0.25, 0.3) is 0 Å². The number of allylic oxidation sites excluding steroid dienone is 1. The highest BCUT2D eigenvalue weighted by atomic mass is 32.2. The second kappa shape index (κ2) is 7.14. The smallest absolute Gasteiger partial charge is 0.187 e. The molecule has 0 amide bonds. The summed E-state index contributed by atoms with van der Waals surface area (Å²) in [5, 5.41) is 3.13. The molecule has 0 saturated heterocycles. The molecule has 0 radical (unpaired) electrons. The molecule has 0 bridgehead atoms. The van der Waals surface area contributed by atoms with Crippen molar-refractivity contribution < 1.29 is 4.79 Å². The normalized spacial score (nSPS) is 10.8. The Hall–Kier alpha value is -2.00. The van der Waals surface area contributed by atoms with Crippen molar-refractivity contribution in [3.63, 3.8) is 0 Å². The second-order valence-corrected chi connectivity index (χ2v) is 5.75. The number of benzene rings is 2. The van der Waals surface area contributed by atoms with Gasteiger partial charge in [-0.05, 0) is 55.5 Å². The first-order chi connectivity index (χ1) is 10.1. The first-order valence-corrected chi connectivity index (χ1v) is 8.01. The van der Waals surface area contributed by atoms with Gasteiger partial charge in [-0.3, -0.25) is 4.79 Å². The Balaban J connectivity index is 2.03. The van der Waals surface area contributed by atoms with E-state index in [-0.39, 0.29) is 5.78 Å². The number of ketones is 1. The Morgan fingerprint density at radius 1 is 1.10 bits per heavy atom. The van der Waals surface area contributed by atoms with Gasteiger partial charge in [0.15, 0.2) is 5.78 Å². The van der Waals surface area contributed by atoms with E-state index in [1.54, 1.807) is 24.0 Å². The zero-order chi connectivity index (χ0) is 15.2. The van der Waals surface area contributed by atoms with E-state index in [2.05, 4.69) is 17.4 Å². The Labute approximate surface area is 130 Å². The summed E-state index contributed by atoms with van der Waals surface area (Å²) in [6.07, 6.45) is 5.30. The molecular weight excluding hydrogens is 278 g/mol. The molecule has 2 aromatic carbocycles. The van der Waals surface area contributed by atoms with E-state index in [0.717, 1.165) is 11.3 Å². The largest absolute Gasteiger partial charge is 0.362 e. The third kappa shape index (κ3) is 4.23. The molecule has 2 nitrogen and oxygen atoms in total. The van der Waals surface area contributed by atoms with Crippen LogP contribution in [0.5, 0.6) is 0 Å². The Bertz CT molecular complexity index is 677. The van der Waals surface area contributed by atoms with Crippen LogP contribution in [0.1, 0.15) is 21.5 Å². The molecule has 0 heterocycles. The summed E-state index contributed by atoms with van der Waals surface area (Å²) in [5.74, 6) is 0.00613. The summed E-state index contributed by atoms with van der Waals surface area (Å²) in [4.78, 5) is 13.3. The van der Waals surface area contributed by atoms with E-state index >= 15 is 0 Å². The van der Waals surface area contributed by atoms with E-state index in [9.17, 15) is 4.79 Å². The third-order valence-corrected chi connectivity index (χ3v) is 4.07. The molecule has 0 saturated carbocycles. The van der Waals surface area contributed by atoms with Crippen LogP contribution in [0, 0.1) is 13.8 Å². The van der Waals surface area contributed by atoms with Crippen molar-refractivity contribution in [2.24, 2.45) is 0 Å². The first kappa shape index (κ1) is 15.4. The van der Waals surface area contributed by atoms with Crippen molar-refractivity contribution in [3.8, 4) is 0 Å². The van der Waals surface area contributed by atoms with Gasteiger partial charge in [-0.15, -0.1) is 11.8 Å². The maximum absolute atomic E-state index is 12.1. The molecule has 0 aromatic heterocycles. The van der Waals surface area contributed by atoms with Gasteiger partial charge in [-0.1, -0.05) is 18.2 Å². The fourth-order valence-corrected chi connectivity index (χ4v) is 2.38. The summed E-state index contributed by atoms with van der Waals surface area (Å²) in [6.45, 7) is 4.06. The molecule has 21 heavy (non-hydrogen) atoms. The van der Waals surface area contributed by atoms with Gasteiger partial charge < -0.3 is 5.32 Å². The minimum Gasteiger partial charge on any atom is -0.362 e. The quantitative estimate of drug-likeness (QED) is 0.487. The molecular formula is C18H19NOS. The number of hydrogen-bond acceptors (Lipinski definition) is 3. The number of rotatable bonds is 5. The van der Waals surface area contributed by atoms with E-state index in [1.807, 2.05) is 50.4 Å². The van der Waals surface area contributed by atoms with Crippen LogP contribution in [-0.4, -0.2) is 12.0 Å². The van der Waals surface area contributed by atoms with Crippen LogP contribution in [-0.2, 0) is 0 Å². The van der Waals surface area contributed by atoms with Gasteiger partial charge in [-0.25, -0.2) is 0 Å². The molecule has 1 N–H and O–H groups in total. The van der Waals surface area contributed by atoms with Gasteiger partial charge in [-0.2, -0.15) is 0 Å². The maximum atomic E-state index is 12.1. The SMILES string of the molecule is CSc1cccc(NC=CC(=O)c2ccc(C)c(C)c2)c1. The average molecular weight is 297 g/mol. The topological polar surface area (TPSA) is 29.1 Å². The number of carbonyl (C=O) groups is 1. The predicted molar refractivity (Wildman–Crippen MR) is 91.2 cm³/mol. The van der Waals surface area contributed by atoms with Crippen LogP contribution in [0.3, 0.4) is 0 Å². The van der Waals surface area contributed by atoms with Crippen LogP contribution in [0.4, 0.5) is 5.69 Å². The van der Waals surface area contributed by atoms with Crippen molar-refractivity contribution in [1.29, 1.82) is 0 Å². The predicted octanol–water partition coefficient (Wildman–Crippen LogP) is 4.83. The van der Waals surface area contributed by atoms with E-state index < -0.39 is 0 Å². The lowest BCUT2D eigenvalue weighted by atomic mass is 10.0. The van der Waals surface area contributed by atoms with Crippen LogP contribution >= 0.6 is 11.8 Å². The lowest BCUT2D eigenvalue weighted by Crippen LogP contribution is -1.97. The van der Waals surface area contributed by atoms with Crippen molar-refractivity contribution in [2.75, 3.05) is 11.6 Å². The summed E-state index contributed by atoms with van der Waals surface area (Å²) >= 11 is 1.69. The van der Waals surface area contributed by atoms with Crippen molar-refractivity contribution >= 4 is 23.2 Å². The number of aryl methyl sites for hydroxylation is 2. The number of anilines is 1. The molecule has 0 aliphatic carbocycles. The first-order valence-electron chi connectivity index (χ1n) is 6.79. The fraction of sp³-hybridized carbons (Fsp3) is 0.167. The van der Waals surface area contributed by atoms with Crippen LogP contribution in [0.2, 0.25) is 0 Å². The maximum Gasteiger partial charge on any atom is 0.187 e. The standard InChI is InChI=1S/C18H19NOS/c1-13-7-8-15(11-14(13)2)18(20)9-10-19-16-5-4-6-17(12-16)21-3/h4-12,19H,1-3H3. The van der Waals surface area contributed by atoms with Gasteiger partial charge in [0.05, 0.1) is 0 Å². The number of hydrogen-bond donors (Lipinski definition) is 1. The van der Waals surface area contributed by atoms with Crippen LogP contribution < -0.4 is 5.32 Å². The van der Waals surface area contributed by atoms with Crippen molar-refractivity contribution in [2.45, 2.75) is 18.7 Å². The lowest BCUT2D eigenvalue weighted by Gasteiger charge is -2.03. The van der Waals surface area contributed by atoms with E-state index in [4.69, 9.17) is 0 Å².